The van der Waals surface area contributed by atoms with Crippen LogP contribution in [0.3, 0.4) is 0 Å². The first kappa shape index (κ1) is 13.8. The first-order valence-electron chi connectivity index (χ1n) is 6.53. The Hall–Kier alpha value is -2.19. The molecule has 0 unspecified atom stereocenters. The molecule has 104 valence electrons. The summed E-state index contributed by atoms with van der Waals surface area (Å²) in [4.78, 5) is 4.23. The van der Waals surface area contributed by atoms with E-state index in [1.807, 2.05) is 38.2 Å². The summed E-state index contributed by atoms with van der Waals surface area (Å²) in [5, 5.41) is 17.3. The lowest BCUT2D eigenvalue weighted by molar-refractivity contribution is 0.683. The van der Waals surface area contributed by atoms with Gasteiger partial charge in [0.25, 0.3) is 0 Å². The van der Waals surface area contributed by atoms with Crippen LogP contribution in [0.2, 0.25) is 0 Å². The van der Waals surface area contributed by atoms with Crippen molar-refractivity contribution >= 4 is 27.0 Å². The third-order valence-corrected chi connectivity index (χ3v) is 4.27. The summed E-state index contributed by atoms with van der Waals surface area (Å²) in [6.45, 7) is 3.83. The van der Waals surface area contributed by atoms with Gasteiger partial charge in [0.15, 0.2) is 5.65 Å². The number of halogens is 1. The molecule has 0 fully saturated rings. The number of pyridine rings is 1. The molecule has 0 radical (unpaired) electrons. The largest absolute Gasteiger partial charge is 0.283 e. The molecule has 0 saturated carbocycles. The van der Waals surface area contributed by atoms with E-state index < -0.39 is 5.41 Å². The van der Waals surface area contributed by atoms with Crippen LogP contribution in [0.1, 0.15) is 19.4 Å². The lowest BCUT2D eigenvalue weighted by Crippen LogP contribution is -2.14. The van der Waals surface area contributed by atoms with Gasteiger partial charge in [-0.2, -0.15) is 10.4 Å². The number of nitriles is 1. The molecular formula is C16H13BrN4. The third-order valence-electron chi connectivity index (χ3n) is 3.58. The van der Waals surface area contributed by atoms with Crippen molar-refractivity contribution in [2.24, 2.45) is 0 Å². The molecule has 0 saturated heterocycles. The second kappa shape index (κ2) is 4.97. The highest BCUT2D eigenvalue weighted by atomic mass is 79.9. The fourth-order valence-electron chi connectivity index (χ4n) is 2.34. The van der Waals surface area contributed by atoms with E-state index in [9.17, 15) is 5.26 Å². The number of hydrogen-bond donors (Lipinski definition) is 1. The number of aromatic amines is 1. The van der Waals surface area contributed by atoms with Crippen molar-refractivity contribution in [3.05, 3.63) is 46.7 Å². The Kier molecular flexibility index (Phi) is 3.26. The molecule has 2 heterocycles. The lowest BCUT2D eigenvalue weighted by atomic mass is 9.84. The number of nitrogens with zero attached hydrogens (tertiary/aromatic N) is 3. The van der Waals surface area contributed by atoms with Crippen LogP contribution >= 0.6 is 15.9 Å². The van der Waals surface area contributed by atoms with Crippen molar-refractivity contribution < 1.29 is 0 Å². The topological polar surface area (TPSA) is 65.4 Å². The lowest BCUT2D eigenvalue weighted by Gasteiger charge is -2.19. The Balaban J connectivity index is 2.23. The minimum Gasteiger partial charge on any atom is -0.283 e. The van der Waals surface area contributed by atoms with Crippen LogP contribution in [0.4, 0.5) is 0 Å². The summed E-state index contributed by atoms with van der Waals surface area (Å²) in [6.07, 6.45) is 3.59. The average molecular weight is 341 g/mol. The molecule has 5 heteroatoms. The maximum Gasteiger partial charge on any atom is 0.181 e. The average Bonchev–Trinajstić information content (AvgIpc) is 2.96. The van der Waals surface area contributed by atoms with Gasteiger partial charge in [-0.25, -0.2) is 4.98 Å². The zero-order chi connectivity index (χ0) is 15.0. The first-order chi connectivity index (χ1) is 10.0. The second-order valence-electron chi connectivity index (χ2n) is 5.41. The predicted molar refractivity (Wildman–Crippen MR) is 85.7 cm³/mol. The Morgan fingerprint density at radius 3 is 2.86 bits per heavy atom. The van der Waals surface area contributed by atoms with E-state index in [1.165, 1.54) is 0 Å². The van der Waals surface area contributed by atoms with Crippen LogP contribution in [0.5, 0.6) is 0 Å². The number of nitrogens with one attached hydrogen (secondary N) is 1. The number of rotatable bonds is 2. The summed E-state index contributed by atoms with van der Waals surface area (Å²) in [7, 11) is 0. The Bertz CT molecular complexity index is 858. The number of aromatic nitrogens is 3. The number of H-pyrrole nitrogens is 1. The van der Waals surface area contributed by atoms with Gasteiger partial charge in [-0.1, -0.05) is 22.0 Å². The van der Waals surface area contributed by atoms with Gasteiger partial charge in [0, 0.05) is 22.3 Å². The third kappa shape index (κ3) is 2.32. The minimum atomic E-state index is -0.558. The molecule has 0 spiro atoms. The standard InChI is InChI=1S/C16H13BrN4/c1-16(2,9-18)13-7-10(3-4-14(13)17)11-5-6-19-15-12(11)8-20-21-15/h3-8H,1-2H3,(H,19,20,21). The fraction of sp³-hybridized carbons (Fsp3) is 0.188. The summed E-state index contributed by atoms with van der Waals surface area (Å²) < 4.78 is 0.940. The van der Waals surface area contributed by atoms with Gasteiger partial charge in [-0.3, -0.25) is 5.10 Å². The number of fused-ring (bicyclic) bond motifs is 1. The quantitative estimate of drug-likeness (QED) is 0.760. The van der Waals surface area contributed by atoms with Gasteiger partial charge >= 0.3 is 0 Å². The Morgan fingerprint density at radius 2 is 2.10 bits per heavy atom. The molecule has 0 aliphatic rings. The normalized spacial score (nSPS) is 11.5. The van der Waals surface area contributed by atoms with E-state index in [0.29, 0.717) is 5.65 Å². The molecule has 21 heavy (non-hydrogen) atoms. The van der Waals surface area contributed by atoms with Crippen LogP contribution in [-0.2, 0) is 5.41 Å². The smallest absolute Gasteiger partial charge is 0.181 e. The van der Waals surface area contributed by atoms with Crippen LogP contribution in [0.25, 0.3) is 22.2 Å². The molecule has 0 atom stereocenters. The molecule has 0 aliphatic carbocycles. The molecule has 1 N–H and O–H groups in total. The molecule has 1 aromatic carbocycles. The van der Waals surface area contributed by atoms with Crippen LogP contribution in [-0.4, -0.2) is 15.2 Å². The second-order valence-corrected chi connectivity index (χ2v) is 6.27. The Labute approximate surface area is 131 Å². The van der Waals surface area contributed by atoms with E-state index in [-0.39, 0.29) is 0 Å². The zero-order valence-electron chi connectivity index (χ0n) is 11.7. The Morgan fingerprint density at radius 1 is 1.29 bits per heavy atom. The molecule has 0 bridgehead atoms. The molecule has 4 nitrogen and oxygen atoms in total. The van der Waals surface area contributed by atoms with Crippen LogP contribution in [0, 0.1) is 11.3 Å². The SMILES string of the molecule is CC(C)(C#N)c1cc(-c2ccnc3n[nH]cc23)ccc1Br. The minimum absolute atomic E-state index is 0.558. The van der Waals surface area contributed by atoms with Gasteiger partial charge in [-0.05, 0) is 48.7 Å². The van der Waals surface area contributed by atoms with E-state index in [2.05, 4.69) is 43.2 Å². The summed E-state index contributed by atoms with van der Waals surface area (Å²) in [5.41, 5.74) is 3.20. The van der Waals surface area contributed by atoms with Crippen molar-refractivity contribution in [2.45, 2.75) is 19.3 Å². The van der Waals surface area contributed by atoms with Gasteiger partial charge in [0.2, 0.25) is 0 Å². The maximum atomic E-state index is 9.38. The zero-order valence-corrected chi connectivity index (χ0v) is 13.3. The summed E-state index contributed by atoms with van der Waals surface area (Å²) in [6, 6.07) is 10.4. The van der Waals surface area contributed by atoms with Crippen molar-refractivity contribution in [2.75, 3.05) is 0 Å². The van der Waals surface area contributed by atoms with E-state index in [4.69, 9.17) is 0 Å². The van der Waals surface area contributed by atoms with Gasteiger partial charge in [0.1, 0.15) is 0 Å². The van der Waals surface area contributed by atoms with E-state index in [0.717, 1.165) is 26.5 Å². The highest BCUT2D eigenvalue weighted by Gasteiger charge is 2.23. The van der Waals surface area contributed by atoms with Crippen molar-refractivity contribution in [3.8, 4) is 17.2 Å². The fourth-order valence-corrected chi connectivity index (χ4v) is 3.08. The van der Waals surface area contributed by atoms with Gasteiger partial charge in [0.05, 0.1) is 11.5 Å². The number of benzene rings is 1. The monoisotopic (exact) mass is 340 g/mol. The molecule has 0 amide bonds. The summed E-state index contributed by atoms with van der Waals surface area (Å²) in [5.74, 6) is 0. The van der Waals surface area contributed by atoms with Gasteiger partial charge in [-0.15, -0.1) is 0 Å². The summed E-state index contributed by atoms with van der Waals surface area (Å²) >= 11 is 3.54. The van der Waals surface area contributed by atoms with Crippen molar-refractivity contribution in [1.82, 2.24) is 15.2 Å². The van der Waals surface area contributed by atoms with E-state index >= 15 is 0 Å². The predicted octanol–water partition coefficient (Wildman–Crippen LogP) is 4.19. The molecule has 2 aromatic heterocycles. The number of hydrogen-bond acceptors (Lipinski definition) is 3. The highest BCUT2D eigenvalue weighted by Crippen LogP contribution is 2.35. The first-order valence-corrected chi connectivity index (χ1v) is 7.32. The van der Waals surface area contributed by atoms with Crippen molar-refractivity contribution in [3.63, 3.8) is 0 Å². The molecule has 0 aliphatic heterocycles. The van der Waals surface area contributed by atoms with E-state index in [1.54, 1.807) is 6.20 Å². The highest BCUT2D eigenvalue weighted by molar-refractivity contribution is 9.10. The van der Waals surface area contributed by atoms with Crippen LogP contribution in [0.15, 0.2) is 41.1 Å². The van der Waals surface area contributed by atoms with Crippen LogP contribution < -0.4 is 0 Å². The van der Waals surface area contributed by atoms with Gasteiger partial charge < -0.3 is 0 Å². The molecule has 3 aromatic rings. The maximum absolute atomic E-state index is 9.38. The molecule has 3 rings (SSSR count). The molecular weight excluding hydrogens is 328 g/mol. The van der Waals surface area contributed by atoms with Crippen molar-refractivity contribution in [1.29, 1.82) is 5.26 Å².